The molecule has 1 N–H and O–H groups in total. The van der Waals surface area contributed by atoms with E-state index in [2.05, 4.69) is 32.3 Å². The first-order valence-corrected chi connectivity index (χ1v) is 12.2. The lowest BCUT2D eigenvalue weighted by atomic mass is 9.95. The number of pyridine rings is 1. The molecule has 3 aromatic rings. The fraction of sp³-hybridized carbons (Fsp3) is 0.583. The lowest BCUT2D eigenvalue weighted by Gasteiger charge is -2.36. The number of likely N-dealkylation sites (tertiary alicyclic amines) is 1. The zero-order valence-electron chi connectivity index (χ0n) is 19.0. The van der Waals surface area contributed by atoms with E-state index < -0.39 is 0 Å². The van der Waals surface area contributed by atoms with Crippen LogP contribution in [0.2, 0.25) is 0 Å². The normalized spacial score (nSPS) is 21.0. The average Bonchev–Trinajstić information content (AvgIpc) is 3.52. The van der Waals surface area contributed by atoms with Crippen LogP contribution >= 0.6 is 0 Å². The van der Waals surface area contributed by atoms with E-state index in [0.29, 0.717) is 42.2 Å². The van der Waals surface area contributed by atoms with Crippen LogP contribution in [-0.2, 0) is 0 Å². The van der Waals surface area contributed by atoms with Crippen LogP contribution in [0.15, 0.2) is 23.0 Å². The second-order valence-corrected chi connectivity index (χ2v) is 9.68. The van der Waals surface area contributed by atoms with Gasteiger partial charge in [0.2, 0.25) is 0 Å². The topological polar surface area (TPSA) is 98.2 Å². The van der Waals surface area contributed by atoms with Gasteiger partial charge in [0.25, 0.3) is 5.56 Å². The zero-order chi connectivity index (χ0) is 22.4. The molecule has 6 rings (SSSR count). The fourth-order valence-electron chi connectivity index (χ4n) is 5.54. The van der Waals surface area contributed by atoms with Gasteiger partial charge in [-0.05, 0) is 67.3 Å². The molecule has 3 aliphatic rings. The second kappa shape index (κ2) is 8.44. The number of tetrazole rings is 1. The van der Waals surface area contributed by atoms with Gasteiger partial charge in [-0.15, -0.1) is 5.10 Å². The van der Waals surface area contributed by atoms with Gasteiger partial charge in [-0.1, -0.05) is 19.8 Å². The average molecular weight is 451 g/mol. The third-order valence-corrected chi connectivity index (χ3v) is 7.45. The number of H-pyrrole nitrogens is 1. The quantitative estimate of drug-likeness (QED) is 0.652. The largest absolute Gasteiger partial charge is 0.486 e. The van der Waals surface area contributed by atoms with Crippen LogP contribution in [-0.4, -0.2) is 56.4 Å². The summed E-state index contributed by atoms with van der Waals surface area (Å²) in [5, 5.41) is 13.9. The number of ether oxygens (including phenoxy) is 2. The van der Waals surface area contributed by atoms with Crippen molar-refractivity contribution in [1.29, 1.82) is 0 Å². The minimum atomic E-state index is -0.283. The number of nitrogens with one attached hydrogen (secondary N) is 1. The molecule has 174 valence electrons. The van der Waals surface area contributed by atoms with E-state index in [1.807, 2.05) is 22.9 Å². The maximum absolute atomic E-state index is 13.4. The molecule has 33 heavy (non-hydrogen) atoms. The van der Waals surface area contributed by atoms with E-state index in [0.717, 1.165) is 55.5 Å². The van der Waals surface area contributed by atoms with Crippen molar-refractivity contribution in [3.05, 3.63) is 39.9 Å². The Morgan fingerprint density at radius 1 is 1.03 bits per heavy atom. The van der Waals surface area contributed by atoms with Gasteiger partial charge in [-0.2, -0.15) is 0 Å². The highest BCUT2D eigenvalue weighted by Crippen LogP contribution is 2.37. The summed E-state index contributed by atoms with van der Waals surface area (Å²) < 4.78 is 13.5. The standard InChI is InChI=1S/C24H30N6O3/c1-15-6-8-29(9-7-15)22(23-26-27-28-30(23)17-4-2-3-5-17)18-12-16-13-20-21(33-11-10-32-20)14-19(16)25-24(18)31/h12-15,17,22H,2-11H2,1H3,(H,25,31). The Morgan fingerprint density at radius 2 is 1.76 bits per heavy atom. The van der Waals surface area contributed by atoms with Gasteiger partial charge in [-0.3, -0.25) is 9.69 Å². The Bertz CT molecular complexity index is 1210. The van der Waals surface area contributed by atoms with Crippen LogP contribution in [0.25, 0.3) is 10.9 Å². The van der Waals surface area contributed by atoms with Gasteiger partial charge in [0.1, 0.15) is 19.3 Å². The number of rotatable bonds is 4. The van der Waals surface area contributed by atoms with Crippen LogP contribution in [0.3, 0.4) is 0 Å². The Balaban J connectivity index is 1.47. The second-order valence-electron chi connectivity index (χ2n) is 9.68. The molecule has 0 spiro atoms. The molecule has 0 radical (unpaired) electrons. The summed E-state index contributed by atoms with van der Waals surface area (Å²) in [4.78, 5) is 18.9. The number of benzene rings is 1. The number of aromatic amines is 1. The molecular formula is C24H30N6O3. The number of fused-ring (bicyclic) bond motifs is 2. The molecule has 2 fully saturated rings. The summed E-state index contributed by atoms with van der Waals surface area (Å²) in [6.45, 7) is 5.17. The molecule has 0 bridgehead atoms. The Labute approximate surface area is 192 Å². The number of hydrogen-bond donors (Lipinski definition) is 1. The molecular weight excluding hydrogens is 420 g/mol. The third-order valence-electron chi connectivity index (χ3n) is 7.45. The van der Waals surface area contributed by atoms with Crippen LogP contribution in [0.1, 0.15) is 68.9 Å². The third kappa shape index (κ3) is 3.78. The highest BCUT2D eigenvalue weighted by atomic mass is 16.6. The Morgan fingerprint density at radius 3 is 2.52 bits per heavy atom. The van der Waals surface area contributed by atoms with Gasteiger partial charge >= 0.3 is 0 Å². The summed E-state index contributed by atoms with van der Waals surface area (Å²) in [6, 6.07) is 5.82. The summed E-state index contributed by atoms with van der Waals surface area (Å²) in [6.07, 6.45) is 6.76. The summed E-state index contributed by atoms with van der Waals surface area (Å²) in [7, 11) is 0. The molecule has 1 unspecified atom stereocenters. The van der Waals surface area contributed by atoms with Crippen LogP contribution in [0.5, 0.6) is 11.5 Å². The molecule has 0 amide bonds. The minimum Gasteiger partial charge on any atom is -0.486 e. The zero-order valence-corrected chi connectivity index (χ0v) is 19.0. The van der Waals surface area contributed by atoms with Crippen LogP contribution in [0, 0.1) is 5.92 Å². The molecule has 9 heteroatoms. The summed E-state index contributed by atoms with van der Waals surface area (Å²) in [5.74, 6) is 2.85. The highest BCUT2D eigenvalue weighted by Gasteiger charge is 2.34. The Kier molecular flexibility index (Phi) is 5.28. The van der Waals surface area contributed by atoms with E-state index in [-0.39, 0.29) is 11.6 Å². The van der Waals surface area contributed by atoms with Crippen molar-refractivity contribution >= 4 is 10.9 Å². The highest BCUT2D eigenvalue weighted by molar-refractivity contribution is 5.83. The van der Waals surface area contributed by atoms with Crippen molar-refractivity contribution in [2.75, 3.05) is 26.3 Å². The van der Waals surface area contributed by atoms with Crippen molar-refractivity contribution in [3.63, 3.8) is 0 Å². The van der Waals surface area contributed by atoms with Gasteiger partial charge in [0.15, 0.2) is 17.3 Å². The molecule has 1 aromatic carbocycles. The first kappa shape index (κ1) is 20.7. The van der Waals surface area contributed by atoms with Gasteiger partial charge < -0.3 is 14.5 Å². The molecule has 2 aromatic heterocycles. The van der Waals surface area contributed by atoms with Gasteiger partial charge in [0.05, 0.1) is 11.6 Å². The lowest BCUT2D eigenvalue weighted by Crippen LogP contribution is -2.40. The molecule has 1 saturated carbocycles. The van der Waals surface area contributed by atoms with Crippen molar-refractivity contribution < 1.29 is 9.47 Å². The summed E-state index contributed by atoms with van der Waals surface area (Å²) in [5.41, 5.74) is 1.32. The molecule has 1 atom stereocenters. The maximum atomic E-state index is 13.4. The molecule has 9 nitrogen and oxygen atoms in total. The first-order valence-electron chi connectivity index (χ1n) is 12.2. The summed E-state index contributed by atoms with van der Waals surface area (Å²) >= 11 is 0. The van der Waals surface area contributed by atoms with Crippen molar-refractivity contribution in [3.8, 4) is 11.5 Å². The van der Waals surface area contributed by atoms with Crippen molar-refractivity contribution in [2.24, 2.45) is 5.92 Å². The van der Waals surface area contributed by atoms with E-state index in [1.54, 1.807) is 0 Å². The monoisotopic (exact) mass is 450 g/mol. The maximum Gasteiger partial charge on any atom is 0.253 e. The number of aromatic nitrogens is 5. The minimum absolute atomic E-state index is 0.108. The SMILES string of the molecule is CC1CCN(C(c2cc3cc4c(cc3[nH]c2=O)OCCO4)c2nnnn2C2CCCC2)CC1. The van der Waals surface area contributed by atoms with Crippen molar-refractivity contribution in [1.82, 2.24) is 30.1 Å². The van der Waals surface area contributed by atoms with E-state index in [1.165, 1.54) is 12.8 Å². The predicted octanol–water partition coefficient (Wildman–Crippen LogP) is 3.22. The predicted molar refractivity (Wildman–Crippen MR) is 123 cm³/mol. The van der Waals surface area contributed by atoms with E-state index in [9.17, 15) is 4.79 Å². The number of piperidine rings is 1. The smallest absolute Gasteiger partial charge is 0.253 e. The van der Waals surface area contributed by atoms with E-state index >= 15 is 0 Å². The van der Waals surface area contributed by atoms with Gasteiger partial charge in [0, 0.05) is 17.0 Å². The molecule has 1 saturated heterocycles. The molecule has 1 aliphatic carbocycles. The number of nitrogens with zero attached hydrogens (tertiary/aromatic N) is 5. The van der Waals surface area contributed by atoms with Crippen LogP contribution in [0.4, 0.5) is 0 Å². The molecule has 2 aliphatic heterocycles. The van der Waals surface area contributed by atoms with Crippen LogP contribution < -0.4 is 15.0 Å². The van der Waals surface area contributed by atoms with Crippen molar-refractivity contribution in [2.45, 2.75) is 57.5 Å². The molecule has 4 heterocycles. The Hall–Kier alpha value is -2.94. The van der Waals surface area contributed by atoms with E-state index in [4.69, 9.17) is 9.47 Å². The van der Waals surface area contributed by atoms with Gasteiger partial charge in [-0.25, -0.2) is 4.68 Å². The lowest BCUT2D eigenvalue weighted by molar-refractivity contribution is 0.147. The number of hydrogen-bond acceptors (Lipinski definition) is 7. The first-order chi connectivity index (χ1) is 16.2. The fourth-order valence-corrected chi connectivity index (χ4v) is 5.54.